The molecule has 9 aromatic heterocycles. The van der Waals surface area contributed by atoms with Gasteiger partial charge in [0.05, 0.1) is 32.1 Å². The van der Waals surface area contributed by atoms with Crippen molar-refractivity contribution in [2.45, 2.75) is 266 Å². The first kappa shape index (κ1) is 73.6. The van der Waals surface area contributed by atoms with E-state index < -0.39 is 49.5 Å². The molecule has 5 aliphatic heterocycles. The number of benzene rings is 5. The largest absolute Gasteiger partial charge is 0.435 e. The molecule has 6 atom stereocenters. The molecule has 0 spiro atoms. The van der Waals surface area contributed by atoms with Gasteiger partial charge in [-0.2, -0.15) is 0 Å². The fourth-order valence-corrected chi connectivity index (χ4v) is 18.8. The highest BCUT2D eigenvalue weighted by molar-refractivity contribution is 6.12. The molecule has 6 unspecified atom stereocenters. The Morgan fingerprint density at radius 3 is 1.07 bits per heavy atom. The zero-order valence-electron chi connectivity index (χ0n) is 82.4. The summed E-state index contributed by atoms with van der Waals surface area (Å²) in [5.41, 5.74) is 14.9. The van der Waals surface area contributed by atoms with Crippen LogP contribution in [-0.2, 0) is 0 Å². The minimum absolute atomic E-state index is 0. The molecule has 630 valence electrons. The Morgan fingerprint density at radius 2 is 0.725 bits per heavy atom. The molecule has 120 heavy (non-hydrogen) atoms. The summed E-state index contributed by atoms with van der Waals surface area (Å²) in [5.74, 6) is 3.72. The maximum Gasteiger partial charge on any atom is 0.227 e. The van der Waals surface area contributed by atoms with E-state index in [4.69, 9.17) is 27.0 Å². The number of nitrogens with one attached hydrogen (secondary N) is 2. The third-order valence-electron chi connectivity index (χ3n) is 23.0. The van der Waals surface area contributed by atoms with E-state index in [2.05, 4.69) is 200 Å². The Hall–Kier alpha value is -11.5. The van der Waals surface area contributed by atoms with E-state index in [1.807, 2.05) is 156 Å². The fraction of sp³-hybridized carbons (Fsp3) is 0.418. The van der Waals surface area contributed by atoms with Crippen molar-refractivity contribution >= 4 is 130 Å². The van der Waals surface area contributed by atoms with Gasteiger partial charge in [0, 0.05) is 150 Å². The van der Waals surface area contributed by atoms with Gasteiger partial charge in [0.15, 0.2) is 51.7 Å². The second-order valence-corrected chi connectivity index (χ2v) is 34.3. The molecule has 19 rings (SSSR count). The minimum atomic E-state index is -2.46. The summed E-state index contributed by atoms with van der Waals surface area (Å²) in [6.45, 7) is 43.2. The van der Waals surface area contributed by atoms with Crippen molar-refractivity contribution in [1.29, 1.82) is 0 Å². The van der Waals surface area contributed by atoms with Crippen molar-refractivity contribution in [3.63, 3.8) is 0 Å². The smallest absolute Gasteiger partial charge is 0.227 e. The molecule has 5 aliphatic rings. The molecule has 2 fully saturated rings. The Balaban J connectivity index is 0.000000139. The Morgan fingerprint density at radius 1 is 0.400 bits per heavy atom. The normalized spacial score (nSPS) is 22.0. The van der Waals surface area contributed by atoms with E-state index in [9.17, 15) is 0 Å². The number of para-hydroxylation sites is 2. The van der Waals surface area contributed by atoms with Gasteiger partial charge in [0.25, 0.3) is 0 Å². The van der Waals surface area contributed by atoms with Crippen LogP contribution in [0.5, 0.6) is 0 Å². The van der Waals surface area contributed by atoms with Crippen LogP contribution in [0.25, 0.3) is 66.2 Å². The first-order valence-electron chi connectivity index (χ1n) is 45.6. The zero-order chi connectivity index (χ0) is 92.9. The van der Waals surface area contributed by atoms with Gasteiger partial charge in [0.2, 0.25) is 17.1 Å². The third-order valence-corrected chi connectivity index (χ3v) is 23.0. The molecule has 5 aromatic carbocycles. The summed E-state index contributed by atoms with van der Waals surface area (Å²) in [5, 5.41) is 12.6. The van der Waals surface area contributed by atoms with Crippen molar-refractivity contribution in [3.05, 3.63) is 203 Å². The lowest BCUT2D eigenvalue weighted by Gasteiger charge is -2.55. The van der Waals surface area contributed by atoms with Crippen molar-refractivity contribution in [2.24, 2.45) is 0 Å². The predicted octanol–water partition coefficient (Wildman–Crippen LogP) is 23.2. The number of pyridine rings is 3. The number of fused-ring (bicyclic) bond motifs is 12. The lowest BCUT2D eigenvalue weighted by atomic mass is 9.81. The van der Waals surface area contributed by atoms with Crippen LogP contribution in [0, 0.1) is 55.4 Å². The molecular formula is C98H125N19O3. The minimum Gasteiger partial charge on any atom is -0.435 e. The highest BCUT2D eigenvalue weighted by Gasteiger charge is 2.46. The van der Waals surface area contributed by atoms with E-state index in [1.165, 1.54) is 29.3 Å². The molecule has 0 bridgehead atoms. The number of hydrogen-bond donors (Lipinski definition) is 2. The highest BCUT2D eigenvalue weighted by atomic mass is 16.3. The van der Waals surface area contributed by atoms with Crippen LogP contribution < -0.4 is 49.8 Å². The van der Waals surface area contributed by atoms with Gasteiger partial charge in [-0.25, -0.2) is 44.9 Å². The number of nitrogens with zero attached hydrogens (tertiary/aromatic N) is 17. The number of rotatable bonds is 7. The average molecular weight is 1630 g/mol. The second-order valence-electron chi connectivity index (χ2n) is 34.3. The Kier molecular flexibility index (Phi) is 20.2. The van der Waals surface area contributed by atoms with Crippen LogP contribution in [0.4, 0.5) is 63.3 Å². The van der Waals surface area contributed by atoms with Gasteiger partial charge in [0.1, 0.15) is 18.5 Å². The molecule has 0 amide bonds. The summed E-state index contributed by atoms with van der Waals surface area (Å²) < 4.78 is 101. The quantitative estimate of drug-likeness (QED) is 0.152. The first-order valence-corrected chi connectivity index (χ1v) is 40.6. The summed E-state index contributed by atoms with van der Waals surface area (Å²) >= 11 is 0. The molecule has 0 saturated carbocycles. The summed E-state index contributed by atoms with van der Waals surface area (Å²) in [7, 11) is 0. The monoisotopic (exact) mass is 1630 g/mol. The van der Waals surface area contributed by atoms with Crippen LogP contribution >= 0.6 is 0 Å². The molecule has 2 saturated heterocycles. The summed E-state index contributed by atoms with van der Waals surface area (Å²) in [6, 6.07) is 39.2. The molecular weight excluding hydrogens is 1490 g/mol. The Bertz CT molecular complexity index is 6110. The number of aromatic nitrogens is 9. The summed E-state index contributed by atoms with van der Waals surface area (Å²) in [6.07, 6.45) is 8.19. The SMILES string of the molecule is C.C.Cc1ccccc1N1C(C)NC(C)(C)CC1(C)C.[2H]C(C)(C)N1c2nccnc2N(c2c(C)ccc3c2oc2nc(C)ccc23)C1C.[2H]C(C)(C)N1c2nccnc2N(c2c(C)ccc3c2oc2nc(C)ccc23)C1C.[2H]C([2H])([2H])C1(C)NC(C)N(c2ccccc2C)C(C)(C)C1([2H])[2H].[2H]C([2H])([2H])N1c2nccnc2N(c2c(C)ccc3c2oc2nc(C)ccc23)C1C. The lowest BCUT2D eigenvalue weighted by Crippen LogP contribution is -2.67. The molecule has 22 nitrogen and oxygen atoms in total. The lowest BCUT2D eigenvalue weighted by molar-refractivity contribution is 0.181. The van der Waals surface area contributed by atoms with Crippen molar-refractivity contribution in [1.82, 2.24) is 55.5 Å². The molecule has 0 radical (unpaired) electrons. The molecule has 14 aromatic rings. The molecule has 2 N–H and O–H groups in total. The van der Waals surface area contributed by atoms with Gasteiger partial charge in [-0.15, -0.1) is 0 Å². The van der Waals surface area contributed by atoms with E-state index in [1.54, 1.807) is 44.8 Å². The van der Waals surface area contributed by atoms with Gasteiger partial charge >= 0.3 is 0 Å². The van der Waals surface area contributed by atoms with Crippen molar-refractivity contribution in [3.8, 4) is 0 Å². The van der Waals surface area contributed by atoms with E-state index >= 15 is 0 Å². The van der Waals surface area contributed by atoms with Gasteiger partial charge in [-0.3, -0.25) is 25.3 Å². The van der Waals surface area contributed by atoms with Gasteiger partial charge in [-0.05, 0) is 262 Å². The van der Waals surface area contributed by atoms with Crippen molar-refractivity contribution in [2.75, 3.05) is 46.2 Å². The average Bonchev–Trinajstić information content (AvgIpc) is 1.19. The Labute approximate surface area is 723 Å². The standard InChI is InChI=1S/2C22H23N5O.C20H19N5O.2C16H26N2.2CH4/c2*1-12(2)26-15(5)27(21-20(26)23-10-11-24-21)18-13(3)6-8-16-17-9-7-14(4)25-22(17)28-19(16)18;1-11-5-7-14-15-8-6-12(2)23-20(15)26-17(14)16(11)25-13(3)24(4)18-19(25)22-10-9-21-18;2*1-12-9-7-8-10-14(12)18-13(2)17-15(3,4)11-16(18,5)6;;/h2*6-12,15H,1-5H3;5-10,13H,1-4H3;2*7-10,13,17H,11H2,1-6H3;2*1H4/i2*12D;4D3;3D3,11D2;;;. The van der Waals surface area contributed by atoms with E-state index in [-0.39, 0.29) is 44.4 Å². The highest BCUT2D eigenvalue weighted by Crippen LogP contribution is 2.52. The number of anilines is 11. The number of aryl methyl sites for hydroxylation is 8. The topological polar surface area (TPSA) is 205 Å². The summed E-state index contributed by atoms with van der Waals surface area (Å²) in [4.78, 5) is 56.7. The number of hydrogen-bond acceptors (Lipinski definition) is 22. The zero-order valence-corrected chi connectivity index (χ0v) is 72.4. The fourth-order valence-electron chi connectivity index (χ4n) is 18.8. The van der Waals surface area contributed by atoms with Gasteiger partial charge in [-0.1, -0.05) is 87.6 Å². The predicted molar refractivity (Wildman–Crippen MR) is 499 cm³/mol. The number of furan rings is 3. The molecule has 14 heterocycles. The van der Waals surface area contributed by atoms with Gasteiger partial charge < -0.3 is 37.8 Å². The van der Waals surface area contributed by atoms with Crippen LogP contribution in [0.3, 0.4) is 0 Å². The van der Waals surface area contributed by atoms with Crippen LogP contribution in [0.2, 0.25) is 0 Å². The van der Waals surface area contributed by atoms with E-state index in [0.29, 0.717) is 52.2 Å². The van der Waals surface area contributed by atoms with Crippen molar-refractivity contribution < 1.29 is 27.0 Å². The van der Waals surface area contributed by atoms with Crippen LogP contribution in [0.15, 0.2) is 172 Å². The maximum atomic E-state index is 8.68. The molecule has 0 aliphatic carbocycles. The third kappa shape index (κ3) is 15.6. The maximum absolute atomic E-state index is 8.68. The first-order chi connectivity index (χ1) is 59.8. The molecule has 22 heteroatoms. The second kappa shape index (κ2) is 32.9. The van der Waals surface area contributed by atoms with Crippen LogP contribution in [0.1, 0.15) is 204 Å². The van der Waals surface area contributed by atoms with Crippen LogP contribution in [-0.4, -0.2) is 117 Å². The van der Waals surface area contributed by atoms with E-state index in [0.717, 1.165) is 124 Å².